The fourth-order valence-corrected chi connectivity index (χ4v) is 4.54. The van der Waals surface area contributed by atoms with E-state index in [2.05, 4.69) is 25.5 Å². The highest BCUT2D eigenvalue weighted by Crippen LogP contribution is 2.22. The van der Waals surface area contributed by atoms with Crippen LogP contribution in [-0.4, -0.2) is 39.4 Å². The van der Waals surface area contributed by atoms with Crippen LogP contribution < -0.4 is 0 Å². The van der Waals surface area contributed by atoms with Crippen LogP contribution in [0.15, 0.2) is 12.2 Å². The van der Waals surface area contributed by atoms with E-state index in [0.29, 0.717) is 6.42 Å². The molecule has 0 aliphatic heterocycles. The molecule has 0 radical (unpaired) electrons. The highest BCUT2D eigenvalue weighted by molar-refractivity contribution is 6.74. The number of esters is 2. The van der Waals surface area contributed by atoms with E-state index in [1.165, 1.54) is 0 Å². The average Bonchev–Trinajstić information content (AvgIpc) is 2.55. The Balaban J connectivity index is 4.01. The molecule has 0 fully saturated rings. The van der Waals surface area contributed by atoms with Crippen molar-refractivity contribution in [3.05, 3.63) is 12.2 Å². The molecule has 0 saturated carbocycles. The van der Waals surface area contributed by atoms with Gasteiger partial charge in [-0.15, -0.1) is 0 Å². The van der Waals surface area contributed by atoms with Crippen molar-refractivity contribution >= 4 is 26.2 Å². The lowest BCUT2D eigenvalue weighted by Crippen LogP contribution is -2.38. The van der Waals surface area contributed by atoms with Crippen molar-refractivity contribution in [1.82, 2.24) is 0 Å². The van der Waals surface area contributed by atoms with E-state index in [4.69, 9.17) is 9.16 Å². The van der Waals surface area contributed by atoms with Crippen molar-refractivity contribution < 1.29 is 28.3 Å². The smallest absolute Gasteiger partial charge is 0.331 e. The van der Waals surface area contributed by atoms with Gasteiger partial charge in [0.15, 0.2) is 0 Å². The molecule has 0 rings (SSSR count). The van der Waals surface area contributed by atoms with Crippen LogP contribution in [0, 0.1) is 0 Å². The molecule has 23 heavy (non-hydrogen) atoms. The molecule has 7 heteroatoms. The maximum absolute atomic E-state index is 11.9. The van der Waals surface area contributed by atoms with Crippen LogP contribution >= 0.6 is 0 Å². The van der Waals surface area contributed by atoms with Crippen LogP contribution in [0.3, 0.4) is 0 Å². The predicted octanol–water partition coefficient (Wildman–Crippen LogP) is 2.98. The minimum atomic E-state index is -1.92. The molecular formula is C16H28O6Si. The molecule has 132 valence electrons. The van der Waals surface area contributed by atoms with Gasteiger partial charge in [-0.1, -0.05) is 20.8 Å². The quantitative estimate of drug-likeness (QED) is 0.248. The predicted molar refractivity (Wildman–Crippen MR) is 89.3 cm³/mol. The van der Waals surface area contributed by atoms with Crippen molar-refractivity contribution in [3.8, 4) is 0 Å². The summed E-state index contributed by atoms with van der Waals surface area (Å²) in [6, 6.07) is 2.75. The van der Waals surface area contributed by atoms with Gasteiger partial charge in [0, 0.05) is 18.6 Å². The fourth-order valence-electron chi connectivity index (χ4n) is 2.02. The summed E-state index contributed by atoms with van der Waals surface area (Å²) in [6.07, 6.45) is 2.66. The lowest BCUT2D eigenvalue weighted by Gasteiger charge is -2.27. The summed E-state index contributed by atoms with van der Waals surface area (Å²) in [6.45, 7) is 8.22. The molecule has 0 aromatic rings. The van der Waals surface area contributed by atoms with Gasteiger partial charge < -0.3 is 13.9 Å². The first-order valence-corrected chi connectivity index (χ1v) is 10.7. The molecule has 0 aliphatic carbocycles. The first kappa shape index (κ1) is 21.4. The number of carbonyl (C=O) groups excluding carboxylic acids is 3. The molecule has 0 unspecified atom stereocenters. The minimum Gasteiger partial charge on any atom is -0.519 e. The van der Waals surface area contributed by atoms with Gasteiger partial charge in [-0.2, -0.15) is 0 Å². The third kappa shape index (κ3) is 9.17. The fraction of sp³-hybridized carbons (Fsp3) is 0.688. The van der Waals surface area contributed by atoms with Crippen LogP contribution in [0.25, 0.3) is 0 Å². The maximum Gasteiger partial charge on any atom is 0.331 e. The zero-order chi connectivity index (χ0) is 17.7. The summed E-state index contributed by atoms with van der Waals surface area (Å²) >= 11 is 0. The molecular weight excluding hydrogens is 316 g/mol. The summed E-state index contributed by atoms with van der Waals surface area (Å²) in [7, 11) is -1.92. The lowest BCUT2D eigenvalue weighted by atomic mass is 10.3. The Morgan fingerprint density at radius 3 is 1.87 bits per heavy atom. The molecule has 0 aromatic carbocycles. The Kier molecular flexibility index (Phi) is 11.0. The summed E-state index contributed by atoms with van der Waals surface area (Å²) in [5.74, 6) is -1.45. The Morgan fingerprint density at radius 1 is 0.870 bits per heavy atom. The summed E-state index contributed by atoms with van der Waals surface area (Å²) in [4.78, 5) is 34.2. The number of hydrogen-bond acceptors (Lipinski definition) is 6. The molecule has 0 aromatic heterocycles. The SMILES string of the molecule is CCOC(=O)C=CC(=O)OCCCC(=O)O[Si](CC)(CC)CC. The summed E-state index contributed by atoms with van der Waals surface area (Å²) in [5, 5.41) is 0. The number of ether oxygens (including phenoxy) is 2. The van der Waals surface area contributed by atoms with Crippen LogP contribution in [-0.2, 0) is 28.3 Å². The Labute approximate surface area is 139 Å². The van der Waals surface area contributed by atoms with Gasteiger partial charge in [0.05, 0.1) is 13.2 Å². The Bertz CT molecular complexity index is 407. The standard InChI is InChI=1S/C16H28O6Si/c1-5-20-14(17)11-12-15(18)21-13-9-10-16(19)22-23(6-2,7-3)8-4/h11-12H,5-10,13H2,1-4H3. The van der Waals surface area contributed by atoms with Crippen LogP contribution in [0.5, 0.6) is 0 Å². The largest absolute Gasteiger partial charge is 0.519 e. The van der Waals surface area contributed by atoms with Gasteiger partial charge in [-0.3, -0.25) is 4.79 Å². The molecule has 0 heterocycles. The number of carbonyl (C=O) groups is 3. The highest BCUT2D eigenvalue weighted by atomic mass is 28.4. The average molecular weight is 344 g/mol. The number of hydrogen-bond donors (Lipinski definition) is 0. The summed E-state index contributed by atoms with van der Waals surface area (Å²) < 4.78 is 15.2. The second kappa shape index (κ2) is 11.9. The van der Waals surface area contributed by atoms with Gasteiger partial charge in [-0.25, -0.2) is 9.59 Å². The van der Waals surface area contributed by atoms with Gasteiger partial charge in [0.2, 0.25) is 0 Å². The molecule has 0 amide bonds. The van der Waals surface area contributed by atoms with E-state index >= 15 is 0 Å². The Morgan fingerprint density at radius 2 is 1.39 bits per heavy atom. The first-order chi connectivity index (χ1) is 10.9. The van der Waals surface area contributed by atoms with Crippen LogP contribution in [0.4, 0.5) is 0 Å². The minimum absolute atomic E-state index is 0.111. The van der Waals surface area contributed by atoms with E-state index in [1.54, 1.807) is 6.92 Å². The normalized spacial score (nSPS) is 11.3. The van der Waals surface area contributed by atoms with Crippen molar-refractivity contribution in [3.63, 3.8) is 0 Å². The van der Waals surface area contributed by atoms with Gasteiger partial charge >= 0.3 is 11.9 Å². The monoisotopic (exact) mass is 344 g/mol. The molecule has 0 aliphatic rings. The van der Waals surface area contributed by atoms with Gasteiger partial charge in [0.1, 0.15) is 0 Å². The van der Waals surface area contributed by atoms with Crippen LogP contribution in [0.2, 0.25) is 18.1 Å². The third-order valence-electron chi connectivity index (χ3n) is 3.68. The number of rotatable bonds is 11. The van der Waals surface area contributed by atoms with E-state index < -0.39 is 20.3 Å². The highest BCUT2D eigenvalue weighted by Gasteiger charge is 2.32. The van der Waals surface area contributed by atoms with Crippen molar-refractivity contribution in [2.45, 2.75) is 58.7 Å². The second-order valence-electron chi connectivity index (χ2n) is 5.07. The second-order valence-corrected chi connectivity index (χ2v) is 9.77. The van der Waals surface area contributed by atoms with E-state index in [1.807, 2.05) is 0 Å². The Hall–Kier alpha value is -1.63. The third-order valence-corrected chi connectivity index (χ3v) is 8.20. The van der Waals surface area contributed by atoms with Gasteiger partial charge in [-0.05, 0) is 31.5 Å². The van der Waals surface area contributed by atoms with Crippen molar-refractivity contribution in [2.24, 2.45) is 0 Å². The van der Waals surface area contributed by atoms with Gasteiger partial charge in [0.25, 0.3) is 14.3 Å². The molecule has 0 spiro atoms. The molecule has 0 atom stereocenters. The topological polar surface area (TPSA) is 78.9 Å². The molecule has 0 N–H and O–H groups in total. The van der Waals surface area contributed by atoms with Crippen molar-refractivity contribution in [1.29, 1.82) is 0 Å². The van der Waals surface area contributed by atoms with E-state index in [0.717, 1.165) is 30.3 Å². The zero-order valence-electron chi connectivity index (χ0n) is 14.6. The first-order valence-electron chi connectivity index (χ1n) is 8.16. The van der Waals surface area contributed by atoms with Crippen molar-refractivity contribution in [2.75, 3.05) is 13.2 Å². The molecule has 6 nitrogen and oxygen atoms in total. The molecule has 0 bridgehead atoms. The van der Waals surface area contributed by atoms with Crippen LogP contribution in [0.1, 0.15) is 40.5 Å². The van der Waals surface area contributed by atoms with E-state index in [9.17, 15) is 14.4 Å². The summed E-state index contributed by atoms with van der Waals surface area (Å²) in [5.41, 5.74) is 0. The lowest BCUT2D eigenvalue weighted by molar-refractivity contribution is -0.141. The zero-order valence-corrected chi connectivity index (χ0v) is 15.6. The maximum atomic E-state index is 11.9. The molecule has 0 saturated heterocycles. The van der Waals surface area contributed by atoms with E-state index in [-0.39, 0.29) is 25.6 Å².